The van der Waals surface area contributed by atoms with Crippen molar-refractivity contribution in [3.63, 3.8) is 0 Å². The van der Waals surface area contributed by atoms with E-state index in [1.165, 1.54) is 0 Å². The summed E-state index contributed by atoms with van der Waals surface area (Å²) in [5.74, 6) is 1.45. The van der Waals surface area contributed by atoms with Crippen molar-refractivity contribution >= 4 is 17.2 Å². The summed E-state index contributed by atoms with van der Waals surface area (Å²) >= 11 is 1.67. The van der Waals surface area contributed by atoms with E-state index in [2.05, 4.69) is 22.4 Å². The van der Waals surface area contributed by atoms with Crippen LogP contribution in [0.4, 0.5) is 0 Å². The molecule has 0 saturated carbocycles. The molecule has 1 amide bonds. The number of rotatable bonds is 7. The molecule has 168 valence electrons. The minimum atomic E-state index is -0.0672. The average molecular weight is 454 g/mol. The minimum absolute atomic E-state index is 0.0672. The lowest BCUT2D eigenvalue weighted by Gasteiger charge is -2.34. The van der Waals surface area contributed by atoms with Crippen LogP contribution >= 0.6 is 11.3 Å². The summed E-state index contributed by atoms with van der Waals surface area (Å²) in [6.45, 7) is 3.65. The van der Waals surface area contributed by atoms with Crippen LogP contribution in [0.2, 0.25) is 0 Å². The molecule has 2 aromatic carbocycles. The van der Waals surface area contributed by atoms with Gasteiger partial charge in [-0.25, -0.2) is 4.98 Å². The molecule has 1 aromatic heterocycles. The molecule has 7 nitrogen and oxygen atoms in total. The molecule has 0 aliphatic carbocycles. The molecule has 3 aromatic rings. The van der Waals surface area contributed by atoms with Crippen LogP contribution in [-0.2, 0) is 6.54 Å². The highest BCUT2D eigenvalue weighted by Crippen LogP contribution is 2.35. The van der Waals surface area contributed by atoms with Crippen molar-refractivity contribution in [2.75, 3.05) is 47.5 Å². The maximum atomic E-state index is 13.2. The molecule has 1 fully saturated rings. The lowest BCUT2D eigenvalue weighted by molar-refractivity contribution is 0.0623. The molecule has 2 heterocycles. The normalized spacial score (nSPS) is 14.3. The number of methoxy groups -OCH3 is 3. The van der Waals surface area contributed by atoms with Gasteiger partial charge in [0, 0.05) is 55.8 Å². The van der Waals surface area contributed by atoms with E-state index in [1.807, 2.05) is 23.1 Å². The minimum Gasteiger partial charge on any atom is -0.496 e. The van der Waals surface area contributed by atoms with Gasteiger partial charge in [0.25, 0.3) is 5.91 Å². The van der Waals surface area contributed by atoms with Crippen LogP contribution in [0.25, 0.3) is 10.6 Å². The van der Waals surface area contributed by atoms with E-state index in [0.717, 1.165) is 35.9 Å². The van der Waals surface area contributed by atoms with Gasteiger partial charge in [0.1, 0.15) is 10.8 Å². The molecule has 32 heavy (non-hydrogen) atoms. The Labute approximate surface area is 192 Å². The number of carbonyl (C=O) groups excluding carboxylic acids is 1. The fraction of sp³-hybridized carbons (Fsp3) is 0.333. The maximum absolute atomic E-state index is 13.2. The number of benzene rings is 2. The van der Waals surface area contributed by atoms with Crippen molar-refractivity contribution in [3.05, 3.63) is 59.1 Å². The number of hydrogen-bond acceptors (Lipinski definition) is 7. The Balaban J connectivity index is 1.39. The van der Waals surface area contributed by atoms with Gasteiger partial charge in [-0.05, 0) is 0 Å². The van der Waals surface area contributed by atoms with Crippen LogP contribution in [0.1, 0.15) is 16.1 Å². The highest BCUT2D eigenvalue weighted by molar-refractivity contribution is 7.13. The Bertz CT molecular complexity index is 1060. The van der Waals surface area contributed by atoms with E-state index in [0.29, 0.717) is 35.9 Å². The van der Waals surface area contributed by atoms with Gasteiger partial charge in [-0.2, -0.15) is 0 Å². The zero-order valence-electron chi connectivity index (χ0n) is 18.5. The molecule has 0 bridgehead atoms. The third-order valence-corrected chi connectivity index (χ3v) is 6.49. The number of hydrogen-bond donors (Lipinski definition) is 0. The van der Waals surface area contributed by atoms with Gasteiger partial charge in [-0.15, -0.1) is 11.3 Å². The van der Waals surface area contributed by atoms with Gasteiger partial charge < -0.3 is 19.1 Å². The number of piperazine rings is 1. The first-order valence-electron chi connectivity index (χ1n) is 10.4. The summed E-state index contributed by atoms with van der Waals surface area (Å²) in [4.78, 5) is 22.2. The SMILES string of the molecule is COc1cc(OC)c(C(=O)N2CCN(Cc3csc(-c4ccccc4)n3)CC2)cc1OC. The van der Waals surface area contributed by atoms with E-state index >= 15 is 0 Å². The van der Waals surface area contributed by atoms with Crippen LogP contribution in [0.15, 0.2) is 47.8 Å². The lowest BCUT2D eigenvalue weighted by Crippen LogP contribution is -2.48. The topological polar surface area (TPSA) is 64.1 Å². The van der Waals surface area contributed by atoms with Gasteiger partial charge in [0.05, 0.1) is 32.6 Å². The van der Waals surface area contributed by atoms with Crippen molar-refractivity contribution in [3.8, 4) is 27.8 Å². The standard InChI is InChI=1S/C24H27N3O4S/c1-29-20-14-22(31-3)21(30-2)13-19(20)24(28)27-11-9-26(10-12-27)15-18-16-32-23(25-18)17-7-5-4-6-8-17/h4-8,13-14,16H,9-12,15H2,1-3H3. The molecular weight excluding hydrogens is 426 g/mol. The molecule has 1 aliphatic rings. The van der Waals surface area contributed by atoms with Crippen LogP contribution in [0, 0.1) is 0 Å². The van der Waals surface area contributed by atoms with Gasteiger partial charge >= 0.3 is 0 Å². The number of aromatic nitrogens is 1. The summed E-state index contributed by atoms with van der Waals surface area (Å²) in [6.07, 6.45) is 0. The van der Waals surface area contributed by atoms with Gasteiger partial charge in [-0.1, -0.05) is 30.3 Å². The molecule has 8 heteroatoms. The first kappa shape index (κ1) is 22.1. The van der Waals surface area contributed by atoms with Crippen molar-refractivity contribution in [2.45, 2.75) is 6.54 Å². The number of amides is 1. The number of carbonyl (C=O) groups is 1. The van der Waals surface area contributed by atoms with E-state index in [9.17, 15) is 4.79 Å². The van der Waals surface area contributed by atoms with Crippen LogP contribution in [0.3, 0.4) is 0 Å². The van der Waals surface area contributed by atoms with Crippen LogP contribution in [-0.4, -0.2) is 68.2 Å². The fourth-order valence-corrected chi connectivity index (χ4v) is 4.61. The monoisotopic (exact) mass is 453 g/mol. The summed E-state index contributed by atoms with van der Waals surface area (Å²) in [7, 11) is 4.66. The Kier molecular flexibility index (Phi) is 6.92. The summed E-state index contributed by atoms with van der Waals surface area (Å²) < 4.78 is 16.1. The Morgan fingerprint density at radius 2 is 1.59 bits per heavy atom. The van der Waals surface area contributed by atoms with Crippen LogP contribution in [0.5, 0.6) is 17.2 Å². The summed E-state index contributed by atoms with van der Waals surface area (Å²) in [5, 5.41) is 3.16. The second kappa shape index (κ2) is 10.0. The van der Waals surface area contributed by atoms with Crippen molar-refractivity contribution < 1.29 is 19.0 Å². The predicted octanol–water partition coefficient (Wildman–Crippen LogP) is 3.79. The van der Waals surface area contributed by atoms with Gasteiger partial charge in [0.2, 0.25) is 0 Å². The number of nitrogens with zero attached hydrogens (tertiary/aromatic N) is 3. The van der Waals surface area contributed by atoms with Gasteiger partial charge in [-0.3, -0.25) is 9.69 Å². The van der Waals surface area contributed by atoms with E-state index in [1.54, 1.807) is 44.8 Å². The Morgan fingerprint density at radius 1 is 0.938 bits per heavy atom. The first-order valence-corrected chi connectivity index (χ1v) is 11.3. The van der Waals surface area contributed by atoms with Crippen molar-refractivity contribution in [1.29, 1.82) is 0 Å². The molecule has 0 atom stereocenters. The molecule has 1 saturated heterocycles. The van der Waals surface area contributed by atoms with Crippen molar-refractivity contribution in [1.82, 2.24) is 14.8 Å². The van der Waals surface area contributed by atoms with Gasteiger partial charge in [0.15, 0.2) is 11.5 Å². The molecule has 0 radical (unpaired) electrons. The zero-order chi connectivity index (χ0) is 22.5. The predicted molar refractivity (Wildman–Crippen MR) is 125 cm³/mol. The highest BCUT2D eigenvalue weighted by atomic mass is 32.1. The molecule has 0 N–H and O–H groups in total. The molecule has 1 aliphatic heterocycles. The van der Waals surface area contributed by atoms with Crippen molar-refractivity contribution in [2.24, 2.45) is 0 Å². The Hall–Kier alpha value is -3.10. The molecule has 0 spiro atoms. The second-order valence-electron chi connectivity index (χ2n) is 7.49. The highest BCUT2D eigenvalue weighted by Gasteiger charge is 2.26. The van der Waals surface area contributed by atoms with E-state index < -0.39 is 0 Å². The average Bonchev–Trinajstić information content (AvgIpc) is 3.32. The maximum Gasteiger partial charge on any atom is 0.257 e. The smallest absolute Gasteiger partial charge is 0.257 e. The van der Waals surface area contributed by atoms with Crippen LogP contribution < -0.4 is 14.2 Å². The molecular formula is C24H27N3O4S. The third-order valence-electron chi connectivity index (χ3n) is 5.55. The van der Waals surface area contributed by atoms with E-state index in [-0.39, 0.29) is 5.91 Å². The number of thiazole rings is 1. The molecule has 4 rings (SSSR count). The Morgan fingerprint density at radius 3 is 2.25 bits per heavy atom. The first-order chi connectivity index (χ1) is 15.6. The fourth-order valence-electron chi connectivity index (χ4n) is 3.80. The number of ether oxygens (including phenoxy) is 3. The second-order valence-corrected chi connectivity index (χ2v) is 8.34. The summed E-state index contributed by atoms with van der Waals surface area (Å²) in [5.41, 5.74) is 2.68. The zero-order valence-corrected chi connectivity index (χ0v) is 19.4. The quantitative estimate of drug-likeness (QED) is 0.542. The van der Waals surface area contributed by atoms with E-state index in [4.69, 9.17) is 19.2 Å². The molecule has 0 unspecified atom stereocenters. The third kappa shape index (κ3) is 4.71. The lowest BCUT2D eigenvalue weighted by atomic mass is 10.1. The largest absolute Gasteiger partial charge is 0.496 e. The summed E-state index contributed by atoms with van der Waals surface area (Å²) in [6, 6.07) is 13.6.